The Morgan fingerprint density at radius 3 is 2.40 bits per heavy atom. The molecule has 0 fully saturated rings. The first kappa shape index (κ1) is 11.2. The molecule has 0 aliphatic carbocycles. The van der Waals surface area contributed by atoms with Crippen LogP contribution >= 0.6 is 0 Å². The van der Waals surface area contributed by atoms with E-state index in [1.165, 1.54) is 0 Å². The van der Waals surface area contributed by atoms with Gasteiger partial charge in [-0.15, -0.1) is 0 Å². The summed E-state index contributed by atoms with van der Waals surface area (Å²) in [6, 6.07) is 12.0. The molecule has 0 bridgehead atoms. The fraction of sp³-hybridized carbons (Fsp3) is 0.273. The second-order valence-electron chi connectivity index (χ2n) is 3.13. The highest BCUT2D eigenvalue weighted by molar-refractivity contribution is 5.15. The molecule has 1 aromatic carbocycles. The third-order valence-corrected chi connectivity index (χ3v) is 2.02. The molecule has 2 atom stereocenters. The van der Waals surface area contributed by atoms with E-state index in [1.54, 1.807) is 0 Å². The number of nitrogens with two attached hydrogens (primary N) is 1. The van der Waals surface area contributed by atoms with E-state index in [1.807, 2.05) is 42.5 Å². The maximum absolute atomic E-state index is 8.76. The van der Waals surface area contributed by atoms with E-state index in [4.69, 9.17) is 16.3 Å². The van der Waals surface area contributed by atoms with Crippen LogP contribution in [0.25, 0.3) is 0 Å². The molecule has 0 saturated carbocycles. The summed E-state index contributed by atoms with van der Waals surface area (Å²) >= 11 is 0. The first-order valence-corrected chi connectivity index (χ1v) is 4.60. The van der Waals surface area contributed by atoms with E-state index < -0.39 is 12.1 Å². The van der Waals surface area contributed by atoms with Crippen LogP contribution in [0.2, 0.25) is 0 Å². The van der Waals surface area contributed by atoms with Gasteiger partial charge in [0, 0.05) is 6.54 Å². The smallest absolute Gasteiger partial charge is 0.124 e. The Bertz CT molecular complexity index is 374. The van der Waals surface area contributed by atoms with Crippen molar-refractivity contribution >= 4 is 0 Å². The van der Waals surface area contributed by atoms with E-state index in [0.29, 0.717) is 6.54 Å². The molecular formula is C11H12N4. The van der Waals surface area contributed by atoms with Crippen LogP contribution in [0.4, 0.5) is 0 Å². The second kappa shape index (κ2) is 5.77. The normalized spacial score (nSPS) is 13.5. The summed E-state index contributed by atoms with van der Waals surface area (Å²) in [5.41, 5.74) is 6.50. The molecule has 0 aliphatic heterocycles. The Hall–Kier alpha value is -1.88. The molecule has 0 radical (unpaired) electrons. The molecule has 0 spiro atoms. The molecule has 1 rings (SSSR count). The van der Waals surface area contributed by atoms with Crippen molar-refractivity contribution in [3.8, 4) is 12.1 Å². The second-order valence-corrected chi connectivity index (χ2v) is 3.13. The average molecular weight is 200 g/mol. The summed E-state index contributed by atoms with van der Waals surface area (Å²) in [6.07, 6.45) is 0. The number of nitrogens with zero attached hydrogens (tertiary/aromatic N) is 2. The van der Waals surface area contributed by atoms with Crippen LogP contribution < -0.4 is 11.1 Å². The lowest BCUT2D eigenvalue weighted by atomic mass is 10.1. The van der Waals surface area contributed by atoms with Gasteiger partial charge in [0.1, 0.15) is 12.1 Å². The first-order chi connectivity index (χ1) is 7.27. The average Bonchev–Trinajstić information content (AvgIpc) is 2.31. The van der Waals surface area contributed by atoms with Gasteiger partial charge in [-0.1, -0.05) is 30.3 Å². The molecule has 0 amide bonds. The van der Waals surface area contributed by atoms with Crippen molar-refractivity contribution in [2.24, 2.45) is 5.73 Å². The number of nitrogens with one attached hydrogen (secondary N) is 1. The highest BCUT2D eigenvalue weighted by Gasteiger charge is 2.15. The van der Waals surface area contributed by atoms with Crippen LogP contribution in [0.1, 0.15) is 5.56 Å². The Kier molecular flexibility index (Phi) is 4.30. The van der Waals surface area contributed by atoms with Crippen LogP contribution in [0.15, 0.2) is 30.3 Å². The van der Waals surface area contributed by atoms with E-state index in [0.717, 1.165) is 5.56 Å². The summed E-state index contributed by atoms with van der Waals surface area (Å²) in [7, 11) is 0. The Morgan fingerprint density at radius 1 is 1.20 bits per heavy atom. The topological polar surface area (TPSA) is 85.6 Å². The van der Waals surface area contributed by atoms with Crippen LogP contribution in [0, 0.1) is 22.7 Å². The summed E-state index contributed by atoms with van der Waals surface area (Å²) in [6.45, 7) is 0.536. The molecule has 0 aromatic heterocycles. The number of benzene rings is 1. The molecule has 0 saturated heterocycles. The number of nitriles is 2. The highest BCUT2D eigenvalue weighted by Crippen LogP contribution is 1.98. The van der Waals surface area contributed by atoms with Gasteiger partial charge in [0.2, 0.25) is 0 Å². The Labute approximate surface area is 88.9 Å². The number of hydrogen-bond acceptors (Lipinski definition) is 4. The fourth-order valence-corrected chi connectivity index (χ4v) is 1.15. The quantitative estimate of drug-likeness (QED) is 0.741. The zero-order valence-electron chi connectivity index (χ0n) is 8.22. The first-order valence-electron chi connectivity index (χ1n) is 4.60. The minimum Gasteiger partial charge on any atom is -0.314 e. The van der Waals surface area contributed by atoms with E-state index in [2.05, 4.69) is 5.32 Å². The maximum atomic E-state index is 8.76. The molecule has 4 heteroatoms. The largest absolute Gasteiger partial charge is 0.314 e. The molecule has 4 nitrogen and oxygen atoms in total. The van der Waals surface area contributed by atoms with Crippen LogP contribution in [-0.4, -0.2) is 12.1 Å². The Morgan fingerprint density at radius 2 is 1.87 bits per heavy atom. The summed E-state index contributed by atoms with van der Waals surface area (Å²) in [4.78, 5) is 0. The molecule has 0 heterocycles. The predicted octanol–water partition coefficient (Wildman–Crippen LogP) is 0.519. The van der Waals surface area contributed by atoms with E-state index in [9.17, 15) is 0 Å². The third kappa shape index (κ3) is 3.40. The summed E-state index contributed by atoms with van der Waals surface area (Å²) < 4.78 is 0. The lowest BCUT2D eigenvalue weighted by molar-refractivity contribution is 0.560. The minimum absolute atomic E-state index is 0.536. The van der Waals surface area contributed by atoms with Crippen molar-refractivity contribution in [2.45, 2.75) is 18.6 Å². The lowest BCUT2D eigenvalue weighted by Gasteiger charge is -2.12. The summed E-state index contributed by atoms with van der Waals surface area (Å²) in [5.74, 6) is 0. The molecule has 3 N–H and O–H groups in total. The van der Waals surface area contributed by atoms with Gasteiger partial charge in [0.25, 0.3) is 0 Å². The molecule has 1 aromatic rings. The van der Waals surface area contributed by atoms with Crippen molar-refractivity contribution in [3.63, 3.8) is 0 Å². The predicted molar refractivity (Wildman–Crippen MR) is 56.3 cm³/mol. The monoisotopic (exact) mass is 200 g/mol. The molecular weight excluding hydrogens is 188 g/mol. The van der Waals surface area contributed by atoms with Crippen molar-refractivity contribution in [3.05, 3.63) is 35.9 Å². The number of rotatable bonds is 4. The van der Waals surface area contributed by atoms with Gasteiger partial charge in [-0.3, -0.25) is 5.32 Å². The van der Waals surface area contributed by atoms with Gasteiger partial charge >= 0.3 is 0 Å². The molecule has 0 aliphatic rings. The van der Waals surface area contributed by atoms with E-state index >= 15 is 0 Å². The van der Waals surface area contributed by atoms with Gasteiger partial charge in [-0.05, 0) is 5.56 Å². The van der Waals surface area contributed by atoms with Gasteiger partial charge in [-0.25, -0.2) is 0 Å². The van der Waals surface area contributed by atoms with Gasteiger partial charge in [0.05, 0.1) is 12.1 Å². The molecule has 76 valence electrons. The number of hydrogen-bond donors (Lipinski definition) is 2. The van der Waals surface area contributed by atoms with Crippen LogP contribution in [0.5, 0.6) is 0 Å². The molecule has 2 unspecified atom stereocenters. The zero-order valence-corrected chi connectivity index (χ0v) is 8.22. The minimum atomic E-state index is -0.793. The maximum Gasteiger partial charge on any atom is 0.124 e. The van der Waals surface area contributed by atoms with Crippen molar-refractivity contribution in [1.82, 2.24) is 5.32 Å². The lowest BCUT2D eigenvalue weighted by Crippen LogP contribution is -2.42. The van der Waals surface area contributed by atoms with Crippen molar-refractivity contribution in [1.29, 1.82) is 10.5 Å². The SMILES string of the molecule is N#CC(N)C(C#N)NCc1ccccc1. The van der Waals surface area contributed by atoms with E-state index in [-0.39, 0.29) is 0 Å². The van der Waals surface area contributed by atoms with Gasteiger partial charge < -0.3 is 5.73 Å². The standard InChI is InChI=1S/C11H12N4/c12-6-10(14)11(7-13)15-8-9-4-2-1-3-5-9/h1-5,10-11,15H,8,14H2. The highest BCUT2D eigenvalue weighted by atomic mass is 14.9. The van der Waals surface area contributed by atoms with Gasteiger partial charge in [-0.2, -0.15) is 10.5 Å². The molecule has 15 heavy (non-hydrogen) atoms. The zero-order chi connectivity index (χ0) is 11.1. The Balaban J connectivity index is 2.50. The van der Waals surface area contributed by atoms with Crippen LogP contribution in [-0.2, 0) is 6.54 Å². The fourth-order valence-electron chi connectivity index (χ4n) is 1.15. The third-order valence-electron chi connectivity index (χ3n) is 2.02. The van der Waals surface area contributed by atoms with Crippen LogP contribution in [0.3, 0.4) is 0 Å². The van der Waals surface area contributed by atoms with Crippen molar-refractivity contribution in [2.75, 3.05) is 0 Å². The van der Waals surface area contributed by atoms with Crippen molar-refractivity contribution < 1.29 is 0 Å². The van der Waals surface area contributed by atoms with Gasteiger partial charge in [0.15, 0.2) is 0 Å². The summed E-state index contributed by atoms with van der Waals surface area (Å²) in [5, 5.41) is 20.3.